The molecular weight excluding hydrogens is 333 g/mol. The molecule has 1 fully saturated rings. The summed E-state index contributed by atoms with van der Waals surface area (Å²) in [6.45, 7) is 3.62. The molecule has 24 heavy (non-hydrogen) atoms. The first-order valence-electron chi connectivity index (χ1n) is 8.17. The van der Waals surface area contributed by atoms with Crippen LogP contribution in [0.1, 0.15) is 36.5 Å². The molecule has 0 bridgehead atoms. The second kappa shape index (κ2) is 8.55. The van der Waals surface area contributed by atoms with E-state index in [1.807, 2.05) is 6.92 Å². The maximum atomic E-state index is 13.5. The molecule has 0 aliphatic carbocycles. The molecule has 2 N–H and O–H groups in total. The van der Waals surface area contributed by atoms with Crippen LogP contribution < -0.4 is 10.0 Å². The Hall–Kier alpha value is -1.51. The Balaban J connectivity index is 1.71. The molecule has 0 aromatic heterocycles. The zero-order valence-corrected chi connectivity index (χ0v) is 14.6. The molecule has 1 aromatic carbocycles. The summed E-state index contributed by atoms with van der Waals surface area (Å²) in [5.41, 5.74) is -0.0135. The number of carbonyl (C=O) groups excluding carboxylic acids is 1. The maximum absolute atomic E-state index is 13.5. The van der Waals surface area contributed by atoms with Crippen LogP contribution in [0.3, 0.4) is 0 Å². The highest BCUT2D eigenvalue weighted by Crippen LogP contribution is 2.17. The van der Waals surface area contributed by atoms with Gasteiger partial charge in [0.25, 0.3) is 16.1 Å². The summed E-state index contributed by atoms with van der Waals surface area (Å²) >= 11 is 0. The lowest BCUT2D eigenvalue weighted by atomic mass is 10.0. The Kier molecular flexibility index (Phi) is 6.70. The van der Waals surface area contributed by atoms with Crippen molar-refractivity contribution in [2.75, 3.05) is 26.2 Å². The fourth-order valence-electron chi connectivity index (χ4n) is 2.69. The molecule has 1 atom stereocenters. The number of carbonyl (C=O) groups is 1. The van der Waals surface area contributed by atoms with Crippen LogP contribution in [-0.2, 0) is 10.2 Å². The zero-order valence-electron chi connectivity index (χ0n) is 13.8. The SMILES string of the molecule is C[C@H]1CCCN(S(=O)(=O)NCCCNC(=O)c2ccccc2F)C1. The molecule has 1 aromatic rings. The van der Waals surface area contributed by atoms with E-state index in [1.165, 1.54) is 22.5 Å². The van der Waals surface area contributed by atoms with Gasteiger partial charge in [-0.2, -0.15) is 12.7 Å². The number of benzene rings is 1. The van der Waals surface area contributed by atoms with Gasteiger partial charge < -0.3 is 5.32 Å². The fraction of sp³-hybridized carbons (Fsp3) is 0.562. The first kappa shape index (κ1) is 18.8. The number of rotatable bonds is 7. The maximum Gasteiger partial charge on any atom is 0.279 e. The monoisotopic (exact) mass is 357 g/mol. The average Bonchev–Trinajstić information content (AvgIpc) is 2.54. The van der Waals surface area contributed by atoms with Crippen molar-refractivity contribution < 1.29 is 17.6 Å². The summed E-state index contributed by atoms with van der Waals surface area (Å²) in [7, 11) is -3.47. The van der Waals surface area contributed by atoms with Crippen LogP contribution in [0.4, 0.5) is 4.39 Å². The summed E-state index contributed by atoms with van der Waals surface area (Å²) in [6.07, 6.45) is 2.36. The highest BCUT2D eigenvalue weighted by atomic mass is 32.2. The van der Waals surface area contributed by atoms with E-state index in [0.717, 1.165) is 12.8 Å². The minimum Gasteiger partial charge on any atom is -0.352 e. The number of piperidine rings is 1. The largest absolute Gasteiger partial charge is 0.352 e. The topological polar surface area (TPSA) is 78.5 Å². The Labute approximate surface area is 142 Å². The van der Waals surface area contributed by atoms with Crippen LogP contribution in [0.5, 0.6) is 0 Å². The van der Waals surface area contributed by atoms with Crippen molar-refractivity contribution in [1.82, 2.24) is 14.3 Å². The molecular formula is C16H24FN3O3S. The van der Waals surface area contributed by atoms with Crippen molar-refractivity contribution in [3.63, 3.8) is 0 Å². The van der Waals surface area contributed by atoms with Gasteiger partial charge in [0.1, 0.15) is 5.82 Å². The van der Waals surface area contributed by atoms with E-state index >= 15 is 0 Å². The summed E-state index contributed by atoms with van der Waals surface area (Å²) in [5, 5.41) is 2.59. The minimum atomic E-state index is -3.47. The molecule has 1 heterocycles. The van der Waals surface area contributed by atoms with Gasteiger partial charge in [-0.05, 0) is 37.3 Å². The van der Waals surface area contributed by atoms with Gasteiger partial charge in [0.2, 0.25) is 0 Å². The normalized spacial score (nSPS) is 19.2. The zero-order chi connectivity index (χ0) is 17.6. The van der Waals surface area contributed by atoms with Crippen LogP contribution in [0, 0.1) is 11.7 Å². The van der Waals surface area contributed by atoms with Crippen molar-refractivity contribution >= 4 is 16.1 Å². The Morgan fingerprint density at radius 3 is 2.79 bits per heavy atom. The molecule has 1 aliphatic rings. The number of amides is 1. The summed E-state index contributed by atoms with van der Waals surface area (Å²) in [4.78, 5) is 11.8. The third kappa shape index (κ3) is 5.25. The molecule has 0 radical (unpaired) electrons. The van der Waals surface area contributed by atoms with Gasteiger partial charge in [0.15, 0.2) is 0 Å². The third-order valence-corrected chi connectivity index (χ3v) is 5.58. The number of nitrogens with one attached hydrogen (secondary N) is 2. The lowest BCUT2D eigenvalue weighted by Gasteiger charge is -2.29. The van der Waals surface area contributed by atoms with E-state index in [4.69, 9.17) is 0 Å². The Bertz CT molecular complexity index is 666. The van der Waals surface area contributed by atoms with Crippen molar-refractivity contribution in [3.05, 3.63) is 35.6 Å². The third-order valence-electron chi connectivity index (χ3n) is 4.00. The second-order valence-corrected chi connectivity index (χ2v) is 7.85. The molecule has 1 saturated heterocycles. The lowest BCUT2D eigenvalue weighted by molar-refractivity contribution is 0.0949. The van der Waals surface area contributed by atoms with Crippen LogP contribution in [0.2, 0.25) is 0 Å². The van der Waals surface area contributed by atoms with Gasteiger partial charge in [0, 0.05) is 26.2 Å². The molecule has 8 heteroatoms. The second-order valence-electron chi connectivity index (χ2n) is 6.09. The number of hydrogen-bond acceptors (Lipinski definition) is 3. The number of nitrogens with zero attached hydrogens (tertiary/aromatic N) is 1. The van der Waals surface area contributed by atoms with Crippen molar-refractivity contribution in [3.8, 4) is 0 Å². The Morgan fingerprint density at radius 2 is 2.08 bits per heavy atom. The van der Waals surface area contributed by atoms with Crippen molar-refractivity contribution in [1.29, 1.82) is 0 Å². The first-order valence-corrected chi connectivity index (χ1v) is 9.61. The summed E-state index contributed by atoms with van der Waals surface area (Å²) in [5.74, 6) is -0.703. The lowest BCUT2D eigenvalue weighted by Crippen LogP contribution is -2.46. The van der Waals surface area contributed by atoms with Crippen LogP contribution in [-0.4, -0.2) is 44.8 Å². The van der Waals surface area contributed by atoms with E-state index in [0.29, 0.717) is 25.4 Å². The van der Waals surface area contributed by atoms with Crippen LogP contribution in [0.15, 0.2) is 24.3 Å². The molecule has 1 amide bonds. The van der Waals surface area contributed by atoms with E-state index in [9.17, 15) is 17.6 Å². The van der Waals surface area contributed by atoms with Crippen molar-refractivity contribution in [2.45, 2.75) is 26.2 Å². The van der Waals surface area contributed by atoms with Crippen molar-refractivity contribution in [2.24, 2.45) is 5.92 Å². The van der Waals surface area contributed by atoms with Gasteiger partial charge in [0.05, 0.1) is 5.56 Å². The standard InChI is InChI=1S/C16H24FN3O3S/c1-13-6-4-11-20(12-13)24(22,23)19-10-5-9-18-16(21)14-7-2-3-8-15(14)17/h2-3,7-8,13,19H,4-6,9-12H2,1H3,(H,18,21)/t13-/m0/s1. The smallest absolute Gasteiger partial charge is 0.279 e. The molecule has 1 aliphatic heterocycles. The molecule has 134 valence electrons. The quantitative estimate of drug-likeness (QED) is 0.726. The van der Waals surface area contributed by atoms with Gasteiger partial charge in [-0.25, -0.2) is 9.11 Å². The van der Waals surface area contributed by atoms with E-state index in [-0.39, 0.29) is 18.7 Å². The number of halogens is 1. The summed E-state index contributed by atoms with van der Waals surface area (Å²) < 4.78 is 41.8. The van der Waals surface area contributed by atoms with Gasteiger partial charge in [-0.3, -0.25) is 4.79 Å². The predicted molar refractivity (Wildman–Crippen MR) is 90.2 cm³/mol. The highest BCUT2D eigenvalue weighted by Gasteiger charge is 2.26. The first-order chi connectivity index (χ1) is 11.4. The van der Waals surface area contributed by atoms with E-state index in [1.54, 1.807) is 6.07 Å². The van der Waals surface area contributed by atoms with Gasteiger partial charge in [-0.15, -0.1) is 0 Å². The predicted octanol–water partition coefficient (Wildman–Crippen LogP) is 1.51. The van der Waals surface area contributed by atoms with E-state index < -0.39 is 21.9 Å². The van der Waals surface area contributed by atoms with Crippen LogP contribution in [0.25, 0.3) is 0 Å². The number of hydrogen-bond donors (Lipinski definition) is 2. The highest BCUT2D eigenvalue weighted by molar-refractivity contribution is 7.87. The van der Waals surface area contributed by atoms with Gasteiger partial charge >= 0.3 is 0 Å². The van der Waals surface area contributed by atoms with E-state index in [2.05, 4.69) is 10.0 Å². The summed E-state index contributed by atoms with van der Waals surface area (Å²) in [6, 6.07) is 5.74. The average molecular weight is 357 g/mol. The molecule has 6 nitrogen and oxygen atoms in total. The Morgan fingerprint density at radius 1 is 1.33 bits per heavy atom. The molecule has 0 spiro atoms. The molecule has 0 unspecified atom stereocenters. The minimum absolute atomic E-state index is 0.0135. The molecule has 2 rings (SSSR count). The van der Waals surface area contributed by atoms with Crippen LogP contribution >= 0.6 is 0 Å². The molecule has 0 saturated carbocycles. The van der Waals surface area contributed by atoms with Gasteiger partial charge in [-0.1, -0.05) is 19.1 Å². The fourth-order valence-corrected chi connectivity index (χ4v) is 4.09.